The van der Waals surface area contributed by atoms with Crippen LogP contribution >= 0.6 is 11.3 Å². The summed E-state index contributed by atoms with van der Waals surface area (Å²) in [6.45, 7) is 11.9. The fourth-order valence-electron chi connectivity index (χ4n) is 4.86. The first-order valence-electron chi connectivity index (χ1n) is 12.8. The van der Waals surface area contributed by atoms with Gasteiger partial charge in [-0.3, -0.25) is 4.85 Å². The van der Waals surface area contributed by atoms with Crippen molar-refractivity contribution in [3.8, 4) is 28.6 Å². The first-order chi connectivity index (χ1) is 19.6. The standard InChI is InChI=1S/C33H21N5OS.Pt/c1-20(2)21-8-11-33(36-17-21)38-30-7-5-4-6-26(30)27-10-9-24(15-31(27)38)39-25-13-22(12-23(14-25)34-3)28-16-29-32(18-35-28)40-19-37-29;/h4-12,14,16-20H,1-2H3;/q-2;+2. The number of pyridine rings is 2. The van der Waals surface area contributed by atoms with Crippen molar-refractivity contribution in [2.45, 2.75) is 19.8 Å². The van der Waals surface area contributed by atoms with Gasteiger partial charge in [0.05, 0.1) is 22.3 Å². The number of ether oxygens (including phenoxy) is 1. The first kappa shape index (κ1) is 26.8. The Bertz CT molecular complexity index is 2090. The van der Waals surface area contributed by atoms with E-state index in [1.807, 2.05) is 42.6 Å². The van der Waals surface area contributed by atoms with Crippen molar-refractivity contribution in [1.29, 1.82) is 0 Å². The third-order valence-electron chi connectivity index (χ3n) is 6.90. The second kappa shape index (κ2) is 10.9. The van der Waals surface area contributed by atoms with Crippen LogP contribution in [0.1, 0.15) is 25.3 Å². The molecule has 0 bridgehead atoms. The fraction of sp³-hybridized carbons (Fsp3) is 0.0909. The third-order valence-corrected chi connectivity index (χ3v) is 7.67. The van der Waals surface area contributed by atoms with Crippen molar-refractivity contribution in [1.82, 2.24) is 19.5 Å². The SMILES string of the molecule is [C-]#[N+]c1cc(Oc2[c-]c3c(cc2)c2ccccc2n3-c2ccc(C(C)C)cn2)[c-]c(-c2cc3ncsc3cn2)c1.[Pt+2]. The zero-order valence-electron chi connectivity index (χ0n) is 22.0. The summed E-state index contributed by atoms with van der Waals surface area (Å²) in [4.78, 5) is 17.4. The Morgan fingerprint density at radius 3 is 2.59 bits per heavy atom. The minimum atomic E-state index is 0. The van der Waals surface area contributed by atoms with E-state index in [2.05, 4.69) is 63.6 Å². The van der Waals surface area contributed by atoms with Crippen molar-refractivity contribution < 1.29 is 25.8 Å². The summed E-state index contributed by atoms with van der Waals surface area (Å²) in [5.74, 6) is 2.15. The van der Waals surface area contributed by atoms with Crippen LogP contribution in [-0.2, 0) is 21.1 Å². The second-order valence-corrected chi connectivity index (χ2v) is 10.6. The number of para-hydroxylation sites is 1. The van der Waals surface area contributed by atoms with Gasteiger partial charge in [0.1, 0.15) is 11.5 Å². The van der Waals surface area contributed by atoms with E-state index in [0.717, 1.165) is 37.8 Å². The molecular formula is C33H21N5OPtS. The molecule has 41 heavy (non-hydrogen) atoms. The Morgan fingerprint density at radius 1 is 0.902 bits per heavy atom. The van der Waals surface area contributed by atoms with Gasteiger partial charge in [0, 0.05) is 29.4 Å². The summed E-state index contributed by atoms with van der Waals surface area (Å²) in [5, 5.41) is 2.17. The van der Waals surface area contributed by atoms with Crippen LogP contribution in [0.5, 0.6) is 11.5 Å². The first-order valence-corrected chi connectivity index (χ1v) is 13.7. The number of thiazole rings is 1. The molecule has 0 N–H and O–H groups in total. The summed E-state index contributed by atoms with van der Waals surface area (Å²) in [7, 11) is 0. The van der Waals surface area contributed by atoms with Crippen LogP contribution in [0.25, 0.3) is 53.9 Å². The Balaban J connectivity index is 0.00000302. The van der Waals surface area contributed by atoms with Gasteiger partial charge in [0.15, 0.2) is 0 Å². The quantitative estimate of drug-likeness (QED) is 0.166. The van der Waals surface area contributed by atoms with Gasteiger partial charge < -0.3 is 14.3 Å². The molecule has 7 aromatic rings. The maximum Gasteiger partial charge on any atom is 2.00 e. The normalized spacial score (nSPS) is 11.2. The van der Waals surface area contributed by atoms with E-state index < -0.39 is 0 Å². The molecule has 0 aliphatic carbocycles. The number of rotatable bonds is 5. The molecule has 0 aliphatic heterocycles. The number of aromatic nitrogens is 4. The van der Waals surface area contributed by atoms with Crippen LogP contribution in [0.3, 0.4) is 0 Å². The summed E-state index contributed by atoms with van der Waals surface area (Å²) in [5.41, 5.74) is 7.54. The van der Waals surface area contributed by atoms with Gasteiger partial charge in [-0.05, 0) is 34.7 Å². The molecule has 4 heterocycles. The molecule has 0 spiro atoms. The van der Waals surface area contributed by atoms with E-state index in [1.54, 1.807) is 23.8 Å². The molecular weight excluding hydrogens is 710 g/mol. The molecule has 0 unspecified atom stereocenters. The molecule has 0 saturated heterocycles. The van der Waals surface area contributed by atoms with Crippen LogP contribution in [0.2, 0.25) is 0 Å². The molecule has 0 saturated carbocycles. The molecule has 3 aromatic carbocycles. The number of hydrogen-bond acceptors (Lipinski definition) is 5. The minimum absolute atomic E-state index is 0. The molecule has 8 heteroatoms. The van der Waals surface area contributed by atoms with Crippen LogP contribution in [0.15, 0.2) is 84.6 Å². The van der Waals surface area contributed by atoms with Gasteiger partial charge in [0.2, 0.25) is 0 Å². The Kier molecular flexibility index (Phi) is 7.13. The fourth-order valence-corrected chi connectivity index (χ4v) is 5.48. The van der Waals surface area contributed by atoms with Crippen LogP contribution in [0, 0.1) is 18.7 Å². The number of nitrogens with zero attached hydrogens (tertiary/aromatic N) is 5. The average molecular weight is 731 g/mol. The second-order valence-electron chi connectivity index (χ2n) is 9.76. The Morgan fingerprint density at radius 2 is 1.78 bits per heavy atom. The van der Waals surface area contributed by atoms with Gasteiger partial charge in [-0.1, -0.05) is 61.8 Å². The zero-order chi connectivity index (χ0) is 27.2. The largest absolute Gasteiger partial charge is 2.00 e. The molecule has 0 radical (unpaired) electrons. The maximum absolute atomic E-state index is 7.63. The van der Waals surface area contributed by atoms with Gasteiger partial charge in [0.25, 0.3) is 0 Å². The number of hydrogen-bond donors (Lipinski definition) is 0. The minimum Gasteiger partial charge on any atom is -0.504 e. The summed E-state index contributed by atoms with van der Waals surface area (Å²) >= 11 is 1.54. The third kappa shape index (κ3) is 4.91. The van der Waals surface area contributed by atoms with Crippen molar-refractivity contribution >= 4 is 49.0 Å². The van der Waals surface area contributed by atoms with Crippen molar-refractivity contribution in [2.75, 3.05) is 0 Å². The number of benzene rings is 3. The zero-order valence-corrected chi connectivity index (χ0v) is 25.1. The van der Waals surface area contributed by atoms with E-state index >= 15 is 0 Å². The summed E-state index contributed by atoms with van der Waals surface area (Å²) < 4.78 is 9.39. The van der Waals surface area contributed by atoms with E-state index in [9.17, 15) is 0 Å². The number of fused-ring (bicyclic) bond motifs is 4. The van der Waals surface area contributed by atoms with Gasteiger partial charge in [-0.2, -0.15) is 6.07 Å². The van der Waals surface area contributed by atoms with Crippen molar-refractivity contribution in [2.24, 2.45) is 0 Å². The summed E-state index contributed by atoms with van der Waals surface area (Å²) in [6, 6.07) is 28.5. The molecule has 0 fully saturated rings. The summed E-state index contributed by atoms with van der Waals surface area (Å²) in [6.07, 6.45) is 3.73. The van der Waals surface area contributed by atoms with Crippen LogP contribution in [0.4, 0.5) is 5.69 Å². The van der Waals surface area contributed by atoms with E-state index in [0.29, 0.717) is 34.4 Å². The van der Waals surface area contributed by atoms with Crippen molar-refractivity contribution in [3.63, 3.8) is 0 Å². The maximum atomic E-state index is 7.63. The monoisotopic (exact) mass is 730 g/mol. The van der Waals surface area contributed by atoms with Crippen LogP contribution in [-0.4, -0.2) is 19.5 Å². The smallest absolute Gasteiger partial charge is 0.504 e. The van der Waals surface area contributed by atoms with Crippen molar-refractivity contribution in [3.05, 3.63) is 114 Å². The molecule has 200 valence electrons. The molecule has 0 aliphatic rings. The van der Waals surface area contributed by atoms with Crippen LogP contribution < -0.4 is 4.74 Å². The predicted molar refractivity (Wildman–Crippen MR) is 160 cm³/mol. The van der Waals surface area contributed by atoms with Gasteiger partial charge in [-0.25, -0.2) is 9.97 Å². The topological polar surface area (TPSA) is 57.2 Å². The molecule has 6 nitrogen and oxygen atoms in total. The van der Waals surface area contributed by atoms with E-state index in [4.69, 9.17) is 16.3 Å². The average Bonchev–Trinajstić information content (AvgIpc) is 3.59. The Labute approximate surface area is 255 Å². The van der Waals surface area contributed by atoms with Gasteiger partial charge >= 0.3 is 21.1 Å². The molecule has 7 rings (SSSR count). The Hall–Kier alpha value is -4.37. The molecule has 0 amide bonds. The van der Waals surface area contributed by atoms with E-state index in [1.165, 1.54) is 16.9 Å². The van der Waals surface area contributed by atoms with E-state index in [-0.39, 0.29) is 21.1 Å². The van der Waals surface area contributed by atoms with Gasteiger partial charge in [-0.15, -0.1) is 40.5 Å². The molecule has 0 atom stereocenters. The predicted octanol–water partition coefficient (Wildman–Crippen LogP) is 8.91. The molecule has 4 aromatic heterocycles.